The Morgan fingerprint density at radius 2 is 1.73 bits per heavy atom. The van der Waals surface area contributed by atoms with E-state index < -0.39 is 16.1 Å². The second-order valence-electron chi connectivity index (χ2n) is 5.99. The molecule has 1 N–H and O–H groups in total. The van der Waals surface area contributed by atoms with Crippen LogP contribution in [0.3, 0.4) is 0 Å². The number of nitrogens with zero attached hydrogens (tertiary/aromatic N) is 1. The number of rotatable bonds is 8. The number of carbonyl (C=O) groups excluding carboxylic acids is 1. The quantitative estimate of drug-likeness (QED) is 0.747. The number of halogens is 1. The normalized spacial score (nSPS) is 12.4. The van der Waals surface area contributed by atoms with Gasteiger partial charge in [-0.15, -0.1) is 0 Å². The van der Waals surface area contributed by atoms with Crippen molar-refractivity contribution in [3.05, 3.63) is 65.2 Å². The van der Waals surface area contributed by atoms with Crippen molar-refractivity contribution >= 4 is 33.2 Å². The van der Waals surface area contributed by atoms with Crippen molar-refractivity contribution in [1.82, 2.24) is 5.32 Å². The lowest BCUT2D eigenvalue weighted by Crippen LogP contribution is -2.49. The van der Waals surface area contributed by atoms with Crippen molar-refractivity contribution in [1.29, 1.82) is 0 Å². The SMILES string of the molecule is CC[C@@H](C(=O)NCCc1ccc(Cl)cc1)N(c1ccccc1)S(C)(=O)=O. The maximum absolute atomic E-state index is 12.6. The minimum atomic E-state index is -3.60. The summed E-state index contributed by atoms with van der Waals surface area (Å²) in [6, 6.07) is 15.3. The molecule has 0 unspecified atom stereocenters. The van der Waals surface area contributed by atoms with Gasteiger partial charge in [-0.25, -0.2) is 8.42 Å². The Balaban J connectivity index is 2.09. The van der Waals surface area contributed by atoms with Crippen LogP contribution in [0, 0.1) is 0 Å². The molecule has 0 saturated carbocycles. The van der Waals surface area contributed by atoms with Crippen LogP contribution in [-0.4, -0.2) is 33.2 Å². The van der Waals surface area contributed by atoms with Gasteiger partial charge in [0.05, 0.1) is 11.9 Å². The molecule has 26 heavy (non-hydrogen) atoms. The zero-order valence-corrected chi connectivity index (χ0v) is 16.4. The average Bonchev–Trinajstić information content (AvgIpc) is 2.60. The van der Waals surface area contributed by atoms with Crippen molar-refractivity contribution in [2.45, 2.75) is 25.8 Å². The van der Waals surface area contributed by atoms with E-state index in [9.17, 15) is 13.2 Å². The topological polar surface area (TPSA) is 66.5 Å². The molecule has 0 fully saturated rings. The molecule has 2 rings (SSSR count). The van der Waals surface area contributed by atoms with E-state index in [2.05, 4.69) is 5.32 Å². The van der Waals surface area contributed by atoms with Crippen LogP contribution in [0.5, 0.6) is 0 Å². The lowest BCUT2D eigenvalue weighted by atomic mass is 10.1. The van der Waals surface area contributed by atoms with E-state index >= 15 is 0 Å². The molecule has 2 aromatic carbocycles. The van der Waals surface area contributed by atoms with Crippen molar-refractivity contribution in [3.8, 4) is 0 Å². The highest BCUT2D eigenvalue weighted by Crippen LogP contribution is 2.22. The van der Waals surface area contributed by atoms with Crippen LogP contribution in [-0.2, 0) is 21.2 Å². The van der Waals surface area contributed by atoms with Gasteiger partial charge >= 0.3 is 0 Å². The largest absolute Gasteiger partial charge is 0.354 e. The zero-order chi connectivity index (χ0) is 19.2. The van der Waals surface area contributed by atoms with Crippen LogP contribution in [0.15, 0.2) is 54.6 Å². The molecule has 0 aromatic heterocycles. The summed E-state index contributed by atoms with van der Waals surface area (Å²) in [4.78, 5) is 12.6. The van der Waals surface area contributed by atoms with E-state index in [1.165, 1.54) is 4.31 Å². The summed E-state index contributed by atoms with van der Waals surface area (Å²) in [7, 11) is -3.60. The number of anilines is 1. The predicted molar refractivity (Wildman–Crippen MR) is 106 cm³/mol. The molecule has 0 heterocycles. The van der Waals surface area contributed by atoms with E-state index in [0.717, 1.165) is 11.8 Å². The minimum absolute atomic E-state index is 0.309. The summed E-state index contributed by atoms with van der Waals surface area (Å²) < 4.78 is 25.8. The number of nitrogens with one attached hydrogen (secondary N) is 1. The molecule has 0 aliphatic rings. The van der Waals surface area contributed by atoms with Crippen molar-refractivity contribution in [3.63, 3.8) is 0 Å². The molecule has 0 radical (unpaired) electrons. The Morgan fingerprint density at radius 1 is 1.12 bits per heavy atom. The second kappa shape index (κ2) is 9.05. The number of sulfonamides is 1. The molecule has 5 nitrogen and oxygen atoms in total. The summed E-state index contributed by atoms with van der Waals surface area (Å²) >= 11 is 5.86. The third-order valence-electron chi connectivity index (χ3n) is 3.97. The third kappa shape index (κ3) is 5.47. The Labute approximate surface area is 160 Å². The maximum atomic E-state index is 12.6. The van der Waals surface area contributed by atoms with Crippen molar-refractivity contribution in [2.75, 3.05) is 17.1 Å². The molecular weight excluding hydrogens is 372 g/mol. The number of hydrogen-bond acceptors (Lipinski definition) is 3. The Morgan fingerprint density at radius 3 is 2.27 bits per heavy atom. The molecule has 7 heteroatoms. The summed E-state index contributed by atoms with van der Waals surface area (Å²) in [6.07, 6.45) is 2.13. The number of benzene rings is 2. The standard InChI is InChI=1S/C19H23ClN2O3S/c1-3-18(22(26(2,24)25)17-7-5-4-6-8-17)19(23)21-14-13-15-9-11-16(20)12-10-15/h4-12,18H,3,13-14H2,1-2H3,(H,21,23)/t18-/m0/s1. The van der Waals surface area contributed by atoms with Gasteiger partial charge in [0.2, 0.25) is 15.9 Å². The monoisotopic (exact) mass is 394 g/mol. The van der Waals surface area contributed by atoms with Gasteiger partial charge in [-0.2, -0.15) is 0 Å². The van der Waals surface area contributed by atoms with Crippen LogP contribution >= 0.6 is 11.6 Å². The van der Waals surface area contributed by atoms with Crippen molar-refractivity contribution in [2.24, 2.45) is 0 Å². The van der Waals surface area contributed by atoms with Gasteiger partial charge in [0, 0.05) is 11.6 Å². The molecule has 0 aliphatic heterocycles. The van der Waals surface area contributed by atoms with Gasteiger partial charge in [0.15, 0.2) is 0 Å². The van der Waals surface area contributed by atoms with E-state index in [0.29, 0.717) is 30.1 Å². The van der Waals surface area contributed by atoms with Crippen LogP contribution in [0.2, 0.25) is 5.02 Å². The Kier molecular flexibility index (Phi) is 7.06. The first-order chi connectivity index (χ1) is 12.3. The van der Waals surface area contributed by atoms with Gasteiger partial charge in [-0.1, -0.05) is 48.9 Å². The fraction of sp³-hybridized carbons (Fsp3) is 0.316. The summed E-state index contributed by atoms with van der Waals surface area (Å²) in [5, 5.41) is 3.50. The van der Waals surface area contributed by atoms with Crippen LogP contribution in [0.4, 0.5) is 5.69 Å². The number of carbonyl (C=O) groups is 1. The molecule has 0 spiro atoms. The smallest absolute Gasteiger partial charge is 0.243 e. The molecule has 0 bridgehead atoms. The fourth-order valence-corrected chi connectivity index (χ4v) is 4.07. The summed E-state index contributed by atoms with van der Waals surface area (Å²) in [6.45, 7) is 2.22. The van der Waals surface area contributed by atoms with E-state index in [1.54, 1.807) is 49.4 Å². The van der Waals surface area contributed by atoms with E-state index in [-0.39, 0.29) is 5.91 Å². The molecule has 1 amide bonds. The molecule has 140 valence electrons. The van der Waals surface area contributed by atoms with E-state index in [4.69, 9.17) is 11.6 Å². The molecule has 2 aromatic rings. The van der Waals surface area contributed by atoms with Gasteiger partial charge in [-0.3, -0.25) is 9.10 Å². The van der Waals surface area contributed by atoms with Crippen LogP contribution in [0.1, 0.15) is 18.9 Å². The summed E-state index contributed by atoms with van der Waals surface area (Å²) in [5.74, 6) is -0.309. The van der Waals surface area contributed by atoms with Crippen LogP contribution in [0.25, 0.3) is 0 Å². The number of amides is 1. The Hall–Kier alpha value is -2.05. The first kappa shape index (κ1) is 20.3. The van der Waals surface area contributed by atoms with Gasteiger partial charge in [-0.05, 0) is 42.7 Å². The van der Waals surface area contributed by atoms with Crippen LogP contribution < -0.4 is 9.62 Å². The highest BCUT2D eigenvalue weighted by atomic mass is 35.5. The number of para-hydroxylation sites is 1. The fourth-order valence-electron chi connectivity index (χ4n) is 2.73. The lowest BCUT2D eigenvalue weighted by molar-refractivity contribution is -0.122. The highest BCUT2D eigenvalue weighted by molar-refractivity contribution is 7.92. The van der Waals surface area contributed by atoms with Gasteiger partial charge in [0.25, 0.3) is 0 Å². The molecule has 1 atom stereocenters. The van der Waals surface area contributed by atoms with Crippen molar-refractivity contribution < 1.29 is 13.2 Å². The number of hydrogen-bond donors (Lipinski definition) is 1. The van der Waals surface area contributed by atoms with Gasteiger partial charge < -0.3 is 5.32 Å². The lowest BCUT2D eigenvalue weighted by Gasteiger charge is -2.30. The first-order valence-corrected chi connectivity index (χ1v) is 10.6. The average molecular weight is 395 g/mol. The minimum Gasteiger partial charge on any atom is -0.354 e. The molecule has 0 aliphatic carbocycles. The maximum Gasteiger partial charge on any atom is 0.243 e. The first-order valence-electron chi connectivity index (χ1n) is 8.39. The van der Waals surface area contributed by atoms with E-state index in [1.807, 2.05) is 12.1 Å². The molecular formula is C19H23ClN2O3S. The highest BCUT2D eigenvalue weighted by Gasteiger charge is 2.31. The summed E-state index contributed by atoms with van der Waals surface area (Å²) in [5.41, 5.74) is 1.53. The third-order valence-corrected chi connectivity index (χ3v) is 5.40. The molecule has 0 saturated heterocycles. The predicted octanol–water partition coefficient (Wildman–Crippen LogP) is 3.24. The second-order valence-corrected chi connectivity index (χ2v) is 8.28. The Bertz CT molecular complexity index is 824. The zero-order valence-electron chi connectivity index (χ0n) is 14.9. The van der Waals surface area contributed by atoms with Gasteiger partial charge in [0.1, 0.15) is 6.04 Å².